The Morgan fingerprint density at radius 3 is 1.91 bits per heavy atom. The summed E-state index contributed by atoms with van der Waals surface area (Å²) in [6.07, 6.45) is 5.42. The summed E-state index contributed by atoms with van der Waals surface area (Å²) in [7, 11) is 0. The van der Waals surface area contributed by atoms with E-state index in [-0.39, 0.29) is 6.41 Å². The fourth-order valence-corrected chi connectivity index (χ4v) is 0.946. The largest absolute Gasteiger partial charge is 0.300 e. The third kappa shape index (κ3) is 6.99. The van der Waals surface area contributed by atoms with Gasteiger partial charge in [0.2, 0.25) is 6.41 Å². The summed E-state index contributed by atoms with van der Waals surface area (Å²) in [6.45, 7) is 0. The minimum absolute atomic E-state index is 0.181. The monoisotopic (exact) mass is 159 g/mol. The lowest BCUT2D eigenvalue weighted by Crippen LogP contribution is -2.02. The number of hydrogen-bond acceptors (Lipinski definition) is 3. The van der Waals surface area contributed by atoms with Crippen LogP contribution in [0.25, 0.3) is 0 Å². The van der Waals surface area contributed by atoms with Gasteiger partial charge in [-0.25, -0.2) is 5.48 Å². The first-order valence-corrected chi connectivity index (χ1v) is 3.66. The Morgan fingerprint density at radius 1 is 1.27 bits per heavy atom. The summed E-state index contributed by atoms with van der Waals surface area (Å²) < 4.78 is 0. The number of carbonyl (C=O) groups is 2. The number of ketones is 1. The molecule has 0 heterocycles. The van der Waals surface area contributed by atoms with Crippen molar-refractivity contribution >= 4 is 12.2 Å². The summed E-state index contributed by atoms with van der Waals surface area (Å²) >= 11 is 0. The molecule has 1 fully saturated rings. The van der Waals surface area contributed by atoms with Crippen LogP contribution in [0, 0.1) is 0 Å². The number of hydrogen-bond donors (Lipinski definition) is 2. The van der Waals surface area contributed by atoms with Crippen molar-refractivity contribution in [3.63, 3.8) is 0 Å². The number of nitrogens with one attached hydrogen (secondary N) is 1. The Balaban J connectivity index is 0.000000218. The van der Waals surface area contributed by atoms with Crippen molar-refractivity contribution in [1.82, 2.24) is 5.48 Å². The quantitative estimate of drug-likeness (QED) is 0.335. The van der Waals surface area contributed by atoms with Gasteiger partial charge in [0.25, 0.3) is 0 Å². The van der Waals surface area contributed by atoms with Crippen LogP contribution in [0.4, 0.5) is 0 Å². The molecule has 1 amide bonds. The molecule has 4 heteroatoms. The van der Waals surface area contributed by atoms with Gasteiger partial charge >= 0.3 is 0 Å². The smallest absolute Gasteiger partial charge is 0.230 e. The number of Topliss-reactive ketones (excluding diaryl/α,β-unsaturated/α-hetero) is 1. The van der Waals surface area contributed by atoms with E-state index >= 15 is 0 Å². The van der Waals surface area contributed by atoms with Gasteiger partial charge in [0.1, 0.15) is 5.78 Å². The minimum Gasteiger partial charge on any atom is -0.300 e. The fraction of sp³-hybridized carbons (Fsp3) is 0.714. The highest BCUT2D eigenvalue weighted by molar-refractivity contribution is 5.78. The van der Waals surface area contributed by atoms with Crippen LogP contribution in [0.3, 0.4) is 0 Å². The van der Waals surface area contributed by atoms with Crippen LogP contribution in [-0.2, 0) is 9.59 Å². The zero-order valence-electron chi connectivity index (χ0n) is 6.38. The Bertz CT molecular complexity index is 117. The van der Waals surface area contributed by atoms with Crippen LogP contribution in [0.15, 0.2) is 0 Å². The molecule has 0 spiro atoms. The zero-order valence-corrected chi connectivity index (χ0v) is 6.38. The average Bonchev–Trinajstić information content (AvgIpc) is 2.07. The van der Waals surface area contributed by atoms with Gasteiger partial charge in [-0.15, -0.1) is 0 Å². The average molecular weight is 159 g/mol. The number of rotatable bonds is 1. The molecule has 0 saturated heterocycles. The molecule has 1 saturated carbocycles. The van der Waals surface area contributed by atoms with Crippen molar-refractivity contribution in [1.29, 1.82) is 0 Å². The summed E-state index contributed by atoms with van der Waals surface area (Å²) in [4.78, 5) is 19.3. The molecule has 0 atom stereocenters. The van der Waals surface area contributed by atoms with Crippen molar-refractivity contribution in [2.45, 2.75) is 32.1 Å². The number of amides is 1. The van der Waals surface area contributed by atoms with Gasteiger partial charge in [-0.2, -0.15) is 0 Å². The summed E-state index contributed by atoms with van der Waals surface area (Å²) in [6, 6.07) is 0. The molecule has 0 aromatic rings. The van der Waals surface area contributed by atoms with Crippen molar-refractivity contribution in [3.8, 4) is 0 Å². The van der Waals surface area contributed by atoms with Crippen LogP contribution in [-0.4, -0.2) is 17.4 Å². The van der Waals surface area contributed by atoms with Crippen LogP contribution in [0.2, 0.25) is 0 Å². The lowest BCUT2D eigenvalue weighted by molar-refractivity contribution is -0.120. The Kier molecular flexibility index (Phi) is 6.62. The molecule has 0 unspecified atom stereocenters. The molecule has 64 valence electrons. The van der Waals surface area contributed by atoms with E-state index in [2.05, 4.69) is 0 Å². The maximum absolute atomic E-state index is 10.5. The molecule has 4 nitrogen and oxygen atoms in total. The predicted molar refractivity (Wildman–Crippen MR) is 39.1 cm³/mol. The molecular formula is C7H13NO3. The van der Waals surface area contributed by atoms with Gasteiger partial charge in [0.05, 0.1) is 0 Å². The lowest BCUT2D eigenvalue weighted by Gasteiger charge is -2.05. The van der Waals surface area contributed by atoms with E-state index in [1.807, 2.05) is 0 Å². The summed E-state index contributed by atoms with van der Waals surface area (Å²) in [5.41, 5.74) is 1.25. The SMILES string of the molecule is O=C1CCCCC1.O=CNO. The van der Waals surface area contributed by atoms with E-state index in [0.717, 1.165) is 25.7 Å². The maximum atomic E-state index is 10.5. The highest BCUT2D eigenvalue weighted by Gasteiger charge is 2.05. The first kappa shape index (κ1) is 10.1. The molecule has 1 rings (SSSR count). The molecule has 0 aliphatic heterocycles. The van der Waals surface area contributed by atoms with Crippen LogP contribution in [0.1, 0.15) is 32.1 Å². The standard InChI is InChI=1S/C6H10O.CH3NO2/c7-6-4-2-1-3-5-6;3-1-2-4/h1-5H2;1,4H,(H,2,3). The molecule has 0 bridgehead atoms. The van der Waals surface area contributed by atoms with E-state index in [0.29, 0.717) is 5.78 Å². The molecular weight excluding hydrogens is 146 g/mol. The maximum Gasteiger partial charge on any atom is 0.230 e. The summed E-state index contributed by atoms with van der Waals surface area (Å²) in [5, 5.41) is 7.26. The first-order chi connectivity index (χ1) is 5.31. The second-order valence-corrected chi connectivity index (χ2v) is 2.35. The van der Waals surface area contributed by atoms with Gasteiger partial charge in [0.15, 0.2) is 0 Å². The van der Waals surface area contributed by atoms with Gasteiger partial charge in [-0.3, -0.25) is 14.8 Å². The first-order valence-electron chi connectivity index (χ1n) is 3.66. The normalized spacial score (nSPS) is 16.3. The van der Waals surface area contributed by atoms with E-state index in [9.17, 15) is 4.79 Å². The fourth-order valence-electron chi connectivity index (χ4n) is 0.946. The molecule has 0 radical (unpaired) electrons. The van der Waals surface area contributed by atoms with Crippen molar-refractivity contribution < 1.29 is 14.8 Å². The highest BCUT2D eigenvalue weighted by Crippen LogP contribution is 2.12. The highest BCUT2D eigenvalue weighted by atomic mass is 16.5. The number of carbonyl (C=O) groups excluding carboxylic acids is 2. The van der Waals surface area contributed by atoms with Gasteiger partial charge in [-0.05, 0) is 12.8 Å². The van der Waals surface area contributed by atoms with Crippen LogP contribution < -0.4 is 5.48 Å². The summed E-state index contributed by atoms with van der Waals surface area (Å²) in [5.74, 6) is 0.464. The third-order valence-electron chi connectivity index (χ3n) is 1.46. The second kappa shape index (κ2) is 7.21. The third-order valence-corrected chi connectivity index (χ3v) is 1.46. The van der Waals surface area contributed by atoms with E-state index in [4.69, 9.17) is 10.0 Å². The zero-order chi connectivity index (χ0) is 8.53. The van der Waals surface area contributed by atoms with Crippen molar-refractivity contribution in [2.24, 2.45) is 0 Å². The second-order valence-electron chi connectivity index (χ2n) is 2.35. The number of hydroxylamine groups is 1. The van der Waals surface area contributed by atoms with Crippen molar-refractivity contribution in [3.05, 3.63) is 0 Å². The van der Waals surface area contributed by atoms with Gasteiger partial charge in [0, 0.05) is 12.8 Å². The lowest BCUT2D eigenvalue weighted by atomic mass is 10.00. The molecule has 2 N–H and O–H groups in total. The van der Waals surface area contributed by atoms with Crippen molar-refractivity contribution in [2.75, 3.05) is 0 Å². The molecule has 0 aromatic carbocycles. The Hall–Kier alpha value is -0.900. The molecule has 1 aliphatic carbocycles. The Morgan fingerprint density at radius 2 is 1.73 bits per heavy atom. The van der Waals surface area contributed by atoms with Gasteiger partial charge in [-0.1, -0.05) is 6.42 Å². The molecule has 11 heavy (non-hydrogen) atoms. The molecule has 0 aromatic heterocycles. The van der Waals surface area contributed by atoms with Gasteiger partial charge < -0.3 is 0 Å². The van der Waals surface area contributed by atoms with E-state index in [1.54, 1.807) is 0 Å². The Labute approximate surface area is 65.6 Å². The van der Waals surface area contributed by atoms with E-state index < -0.39 is 0 Å². The predicted octanol–water partition coefficient (Wildman–Crippen LogP) is 0.641. The van der Waals surface area contributed by atoms with Crippen LogP contribution in [0.5, 0.6) is 0 Å². The topological polar surface area (TPSA) is 66.4 Å². The minimum atomic E-state index is 0.181. The van der Waals surface area contributed by atoms with Crippen LogP contribution >= 0.6 is 0 Å². The molecule has 1 aliphatic rings. The van der Waals surface area contributed by atoms with E-state index in [1.165, 1.54) is 11.9 Å².